The van der Waals surface area contributed by atoms with Crippen molar-refractivity contribution < 1.29 is 4.79 Å². The number of carbonyl (C=O) groups is 1. The van der Waals surface area contributed by atoms with Crippen LogP contribution in [0.3, 0.4) is 0 Å². The van der Waals surface area contributed by atoms with E-state index in [4.69, 9.17) is 0 Å². The van der Waals surface area contributed by atoms with Gasteiger partial charge < -0.3 is 9.47 Å². The molecule has 0 aliphatic rings. The van der Waals surface area contributed by atoms with Gasteiger partial charge in [-0.05, 0) is 31.9 Å². The molecule has 2 aromatic heterocycles. The quantitative estimate of drug-likeness (QED) is 0.687. The van der Waals surface area contributed by atoms with Gasteiger partial charge in [0, 0.05) is 37.6 Å². The van der Waals surface area contributed by atoms with Crippen molar-refractivity contribution in [3.05, 3.63) is 24.5 Å². The first-order chi connectivity index (χ1) is 11.6. The predicted octanol–water partition coefficient (Wildman–Crippen LogP) is 2.96. The highest BCUT2D eigenvalue weighted by atomic mass is 32.2. The fourth-order valence-electron chi connectivity index (χ4n) is 2.43. The van der Waals surface area contributed by atoms with Crippen LogP contribution in [0.4, 0.5) is 0 Å². The molecule has 0 N–H and O–H groups in total. The van der Waals surface area contributed by atoms with Gasteiger partial charge >= 0.3 is 0 Å². The Hall–Kier alpha value is -1.89. The van der Waals surface area contributed by atoms with Crippen molar-refractivity contribution in [2.45, 2.75) is 39.4 Å². The molecule has 0 unspecified atom stereocenters. The zero-order valence-corrected chi connectivity index (χ0v) is 15.6. The van der Waals surface area contributed by atoms with Gasteiger partial charge in [0.25, 0.3) is 0 Å². The van der Waals surface area contributed by atoms with E-state index >= 15 is 0 Å². The number of nitrogens with zero attached hydrogens (tertiary/aromatic N) is 5. The second-order valence-electron chi connectivity index (χ2n) is 5.90. The van der Waals surface area contributed by atoms with Crippen LogP contribution in [0.5, 0.6) is 0 Å². The van der Waals surface area contributed by atoms with E-state index < -0.39 is 0 Å². The maximum atomic E-state index is 12.2. The summed E-state index contributed by atoms with van der Waals surface area (Å²) in [6, 6.07) is 3.85. The molecule has 1 amide bonds. The average Bonchev–Trinajstić information content (AvgIpc) is 2.97. The van der Waals surface area contributed by atoms with Crippen molar-refractivity contribution in [1.29, 1.82) is 0 Å². The van der Waals surface area contributed by atoms with Crippen molar-refractivity contribution in [1.82, 2.24) is 24.6 Å². The Morgan fingerprint density at radius 2 is 1.88 bits per heavy atom. The number of hydrogen-bond donors (Lipinski definition) is 0. The number of carbonyl (C=O) groups excluding carboxylic acids is 1. The number of hydrogen-bond acceptors (Lipinski definition) is 5. The highest BCUT2D eigenvalue weighted by Crippen LogP contribution is 2.25. The molecule has 0 atom stereocenters. The highest BCUT2D eigenvalue weighted by Gasteiger charge is 2.17. The van der Waals surface area contributed by atoms with Crippen LogP contribution in [0.15, 0.2) is 29.7 Å². The third-order valence-corrected chi connectivity index (χ3v) is 4.60. The Morgan fingerprint density at radius 3 is 2.46 bits per heavy atom. The van der Waals surface area contributed by atoms with Gasteiger partial charge in [0.1, 0.15) is 0 Å². The first-order valence-electron chi connectivity index (χ1n) is 8.30. The molecule has 0 aromatic carbocycles. The van der Waals surface area contributed by atoms with Crippen molar-refractivity contribution >= 4 is 17.7 Å². The van der Waals surface area contributed by atoms with E-state index in [2.05, 4.69) is 33.6 Å². The molecule has 6 nitrogen and oxygen atoms in total. The van der Waals surface area contributed by atoms with Gasteiger partial charge in [0.05, 0.1) is 5.75 Å². The van der Waals surface area contributed by atoms with Gasteiger partial charge in [0.2, 0.25) is 5.91 Å². The second kappa shape index (κ2) is 8.82. The molecule has 0 fully saturated rings. The van der Waals surface area contributed by atoms with Crippen molar-refractivity contribution in [2.24, 2.45) is 5.92 Å². The number of pyridine rings is 1. The van der Waals surface area contributed by atoms with Gasteiger partial charge in [0.15, 0.2) is 11.0 Å². The van der Waals surface area contributed by atoms with Crippen molar-refractivity contribution in [2.75, 3.05) is 18.8 Å². The molecule has 0 saturated heterocycles. The monoisotopic (exact) mass is 347 g/mol. The molecule has 2 heterocycles. The smallest absolute Gasteiger partial charge is 0.233 e. The van der Waals surface area contributed by atoms with Gasteiger partial charge in [-0.15, -0.1) is 10.2 Å². The van der Waals surface area contributed by atoms with Crippen LogP contribution in [-0.2, 0) is 11.3 Å². The summed E-state index contributed by atoms with van der Waals surface area (Å²) in [5, 5.41) is 9.44. The lowest BCUT2D eigenvalue weighted by Crippen LogP contribution is -2.32. The van der Waals surface area contributed by atoms with Crippen LogP contribution < -0.4 is 0 Å². The maximum absolute atomic E-state index is 12.2. The number of amides is 1. The SMILES string of the molecule is CCN(CC)C(=O)CSc1nnc(-c2ccncc2)n1CC(C)C. The fourth-order valence-corrected chi connectivity index (χ4v) is 3.28. The normalized spacial score (nSPS) is 11.0. The molecule has 2 aromatic rings. The number of thioether (sulfide) groups is 1. The Morgan fingerprint density at radius 1 is 1.21 bits per heavy atom. The summed E-state index contributed by atoms with van der Waals surface area (Å²) in [6.45, 7) is 10.6. The molecule has 2 rings (SSSR count). The lowest BCUT2D eigenvalue weighted by molar-refractivity contribution is -0.127. The Balaban J connectivity index is 2.21. The summed E-state index contributed by atoms with van der Waals surface area (Å²) in [5.41, 5.74) is 0.986. The summed E-state index contributed by atoms with van der Waals surface area (Å²) < 4.78 is 2.10. The number of aromatic nitrogens is 4. The van der Waals surface area contributed by atoms with Crippen molar-refractivity contribution in [3.63, 3.8) is 0 Å². The molecule has 0 aliphatic carbocycles. The topological polar surface area (TPSA) is 63.9 Å². The average molecular weight is 347 g/mol. The minimum Gasteiger partial charge on any atom is -0.343 e. The summed E-state index contributed by atoms with van der Waals surface area (Å²) in [5.74, 6) is 1.80. The summed E-state index contributed by atoms with van der Waals surface area (Å²) in [7, 11) is 0. The van der Waals surface area contributed by atoms with Gasteiger partial charge in [-0.25, -0.2) is 0 Å². The maximum Gasteiger partial charge on any atom is 0.233 e. The van der Waals surface area contributed by atoms with Crippen molar-refractivity contribution in [3.8, 4) is 11.4 Å². The summed E-state index contributed by atoms with van der Waals surface area (Å²) >= 11 is 1.45. The Kier molecular flexibility index (Phi) is 6.78. The van der Waals surface area contributed by atoms with E-state index in [0.717, 1.165) is 36.2 Å². The van der Waals surface area contributed by atoms with Gasteiger partial charge in [-0.2, -0.15) is 0 Å². The molecule has 0 aliphatic heterocycles. The molecule has 7 heteroatoms. The van der Waals surface area contributed by atoms with E-state index in [-0.39, 0.29) is 5.91 Å². The number of rotatable bonds is 8. The predicted molar refractivity (Wildman–Crippen MR) is 96.7 cm³/mol. The van der Waals surface area contributed by atoms with Gasteiger partial charge in [-0.1, -0.05) is 25.6 Å². The molecular weight excluding hydrogens is 322 g/mol. The van der Waals surface area contributed by atoms with E-state index in [9.17, 15) is 4.79 Å². The lowest BCUT2D eigenvalue weighted by atomic mass is 10.2. The third kappa shape index (κ3) is 4.56. The van der Waals surface area contributed by atoms with Crippen LogP contribution in [0.25, 0.3) is 11.4 Å². The van der Waals surface area contributed by atoms with E-state index in [1.807, 2.05) is 30.9 Å². The minimum absolute atomic E-state index is 0.134. The highest BCUT2D eigenvalue weighted by molar-refractivity contribution is 7.99. The molecule has 0 radical (unpaired) electrons. The van der Waals surface area contributed by atoms with Gasteiger partial charge in [-0.3, -0.25) is 9.78 Å². The largest absolute Gasteiger partial charge is 0.343 e. The van der Waals surface area contributed by atoms with E-state index in [1.165, 1.54) is 11.8 Å². The third-order valence-electron chi connectivity index (χ3n) is 3.64. The molecule has 0 spiro atoms. The molecule has 130 valence electrons. The summed E-state index contributed by atoms with van der Waals surface area (Å²) in [4.78, 5) is 18.1. The molecule has 24 heavy (non-hydrogen) atoms. The van der Waals surface area contributed by atoms with Crippen LogP contribution >= 0.6 is 11.8 Å². The summed E-state index contributed by atoms with van der Waals surface area (Å²) in [6.07, 6.45) is 3.50. The molecular formula is C17H25N5OS. The van der Waals surface area contributed by atoms with E-state index in [0.29, 0.717) is 11.7 Å². The lowest BCUT2D eigenvalue weighted by Gasteiger charge is -2.18. The van der Waals surface area contributed by atoms with Crippen LogP contribution in [0.2, 0.25) is 0 Å². The Labute approximate surface area is 147 Å². The fraction of sp³-hybridized carbons (Fsp3) is 0.529. The standard InChI is InChI=1S/C17H25N5OS/c1-5-21(6-2)15(23)12-24-17-20-19-16(22(17)11-13(3)4)14-7-9-18-10-8-14/h7-10,13H,5-6,11-12H2,1-4H3. The minimum atomic E-state index is 0.134. The van der Waals surface area contributed by atoms with Crippen LogP contribution in [0, 0.1) is 5.92 Å². The zero-order valence-electron chi connectivity index (χ0n) is 14.8. The molecule has 0 saturated carbocycles. The first kappa shape index (κ1) is 18.4. The second-order valence-corrected chi connectivity index (χ2v) is 6.84. The zero-order chi connectivity index (χ0) is 17.5. The van der Waals surface area contributed by atoms with Crippen LogP contribution in [-0.4, -0.2) is 49.4 Å². The first-order valence-corrected chi connectivity index (χ1v) is 9.29. The Bertz CT molecular complexity index is 652. The van der Waals surface area contributed by atoms with Crippen LogP contribution in [0.1, 0.15) is 27.7 Å². The molecule has 0 bridgehead atoms. The van der Waals surface area contributed by atoms with E-state index in [1.54, 1.807) is 12.4 Å².